The average Bonchev–Trinajstić information content (AvgIpc) is 2.25. The summed E-state index contributed by atoms with van der Waals surface area (Å²) in [4.78, 5) is 4.22. The zero-order valence-electron chi connectivity index (χ0n) is 11.4. The summed E-state index contributed by atoms with van der Waals surface area (Å²) in [5.74, 6) is 0.727. The standard InChI is InChI=1S/C14H24N2O/c1-5-15-11-12-6-8-16-13(10-12)17-9-7-14(2,3)4/h6,8,10,15H,5,7,9,11H2,1-4H3. The van der Waals surface area contributed by atoms with Gasteiger partial charge in [0, 0.05) is 18.8 Å². The van der Waals surface area contributed by atoms with Crippen LogP contribution in [0.4, 0.5) is 0 Å². The van der Waals surface area contributed by atoms with E-state index in [2.05, 4.69) is 38.0 Å². The summed E-state index contributed by atoms with van der Waals surface area (Å²) in [6.07, 6.45) is 2.84. The van der Waals surface area contributed by atoms with E-state index in [4.69, 9.17) is 4.74 Å². The summed E-state index contributed by atoms with van der Waals surface area (Å²) in [5, 5.41) is 3.29. The summed E-state index contributed by atoms with van der Waals surface area (Å²) < 4.78 is 5.66. The molecule has 0 aliphatic heterocycles. The molecule has 0 aromatic carbocycles. The Balaban J connectivity index is 2.43. The lowest BCUT2D eigenvalue weighted by molar-refractivity contribution is 0.236. The second-order valence-electron chi connectivity index (χ2n) is 5.44. The average molecular weight is 236 g/mol. The highest BCUT2D eigenvalue weighted by molar-refractivity contribution is 5.20. The quantitative estimate of drug-likeness (QED) is 0.824. The zero-order valence-corrected chi connectivity index (χ0v) is 11.4. The molecule has 0 saturated carbocycles. The van der Waals surface area contributed by atoms with Gasteiger partial charge in [-0.1, -0.05) is 27.7 Å². The van der Waals surface area contributed by atoms with Gasteiger partial charge < -0.3 is 10.1 Å². The lowest BCUT2D eigenvalue weighted by Gasteiger charge is -2.17. The van der Waals surface area contributed by atoms with Crippen LogP contribution in [-0.4, -0.2) is 18.1 Å². The molecule has 0 saturated heterocycles. The third-order valence-electron chi connectivity index (χ3n) is 2.48. The Labute approximate surface area is 105 Å². The molecule has 0 bridgehead atoms. The molecule has 1 heterocycles. The first-order valence-electron chi connectivity index (χ1n) is 6.30. The van der Waals surface area contributed by atoms with E-state index in [0.717, 1.165) is 32.0 Å². The maximum Gasteiger partial charge on any atom is 0.213 e. The van der Waals surface area contributed by atoms with Crippen molar-refractivity contribution in [3.05, 3.63) is 23.9 Å². The maximum atomic E-state index is 5.66. The molecule has 0 amide bonds. The molecular weight excluding hydrogens is 212 g/mol. The number of aromatic nitrogens is 1. The zero-order chi connectivity index (χ0) is 12.7. The lowest BCUT2D eigenvalue weighted by Crippen LogP contribution is -2.13. The van der Waals surface area contributed by atoms with Crippen molar-refractivity contribution < 1.29 is 4.74 Å². The molecule has 0 unspecified atom stereocenters. The Hall–Kier alpha value is -1.09. The molecule has 1 rings (SSSR count). The minimum absolute atomic E-state index is 0.307. The Morgan fingerprint density at radius 3 is 2.76 bits per heavy atom. The molecule has 0 aliphatic rings. The lowest BCUT2D eigenvalue weighted by atomic mass is 9.93. The highest BCUT2D eigenvalue weighted by Crippen LogP contribution is 2.19. The van der Waals surface area contributed by atoms with Crippen molar-refractivity contribution in [3.8, 4) is 5.88 Å². The predicted octanol–water partition coefficient (Wildman–Crippen LogP) is 3.01. The Morgan fingerprint density at radius 1 is 1.35 bits per heavy atom. The van der Waals surface area contributed by atoms with Crippen molar-refractivity contribution in [2.45, 2.75) is 40.7 Å². The molecule has 0 radical (unpaired) electrons. The van der Waals surface area contributed by atoms with Gasteiger partial charge in [0.1, 0.15) is 0 Å². The number of ether oxygens (including phenoxy) is 1. The van der Waals surface area contributed by atoms with Gasteiger partial charge in [0.25, 0.3) is 0 Å². The van der Waals surface area contributed by atoms with Crippen LogP contribution >= 0.6 is 0 Å². The molecule has 0 atom stereocenters. The van der Waals surface area contributed by atoms with Crippen LogP contribution in [-0.2, 0) is 6.54 Å². The van der Waals surface area contributed by atoms with E-state index in [0.29, 0.717) is 5.41 Å². The molecule has 96 valence electrons. The first-order chi connectivity index (χ1) is 8.01. The molecule has 1 aromatic heterocycles. The minimum atomic E-state index is 0.307. The fraction of sp³-hybridized carbons (Fsp3) is 0.643. The van der Waals surface area contributed by atoms with E-state index >= 15 is 0 Å². The van der Waals surface area contributed by atoms with Crippen molar-refractivity contribution in [3.63, 3.8) is 0 Å². The van der Waals surface area contributed by atoms with Gasteiger partial charge in [-0.2, -0.15) is 0 Å². The minimum Gasteiger partial charge on any atom is -0.478 e. The number of nitrogens with one attached hydrogen (secondary N) is 1. The predicted molar refractivity (Wildman–Crippen MR) is 71.2 cm³/mol. The molecule has 0 fully saturated rings. The Morgan fingerprint density at radius 2 is 2.12 bits per heavy atom. The van der Waals surface area contributed by atoms with Crippen LogP contribution in [0.15, 0.2) is 18.3 Å². The topological polar surface area (TPSA) is 34.2 Å². The fourth-order valence-corrected chi connectivity index (χ4v) is 1.37. The second-order valence-corrected chi connectivity index (χ2v) is 5.44. The van der Waals surface area contributed by atoms with Crippen molar-refractivity contribution >= 4 is 0 Å². The van der Waals surface area contributed by atoms with E-state index in [1.165, 1.54) is 5.56 Å². The third kappa shape index (κ3) is 6.27. The van der Waals surface area contributed by atoms with E-state index in [1.54, 1.807) is 6.20 Å². The van der Waals surface area contributed by atoms with E-state index < -0.39 is 0 Å². The van der Waals surface area contributed by atoms with Gasteiger partial charge in [0.05, 0.1) is 6.61 Å². The SMILES string of the molecule is CCNCc1ccnc(OCCC(C)(C)C)c1. The summed E-state index contributed by atoms with van der Waals surface area (Å²) in [7, 11) is 0. The molecule has 0 aliphatic carbocycles. The number of hydrogen-bond donors (Lipinski definition) is 1. The van der Waals surface area contributed by atoms with E-state index in [-0.39, 0.29) is 0 Å². The van der Waals surface area contributed by atoms with Crippen molar-refractivity contribution in [1.29, 1.82) is 0 Å². The van der Waals surface area contributed by atoms with Gasteiger partial charge >= 0.3 is 0 Å². The largest absolute Gasteiger partial charge is 0.478 e. The Kier molecular flexibility index (Phi) is 5.42. The van der Waals surface area contributed by atoms with Crippen LogP contribution in [0.25, 0.3) is 0 Å². The van der Waals surface area contributed by atoms with Gasteiger partial charge in [-0.3, -0.25) is 0 Å². The first kappa shape index (κ1) is 14.0. The van der Waals surface area contributed by atoms with Gasteiger partial charge in [0.15, 0.2) is 0 Å². The van der Waals surface area contributed by atoms with Gasteiger partial charge in [-0.15, -0.1) is 0 Å². The van der Waals surface area contributed by atoms with Crippen molar-refractivity contribution in [1.82, 2.24) is 10.3 Å². The summed E-state index contributed by atoms with van der Waals surface area (Å²) in [6.45, 7) is 11.3. The van der Waals surface area contributed by atoms with Gasteiger partial charge in [0.2, 0.25) is 5.88 Å². The van der Waals surface area contributed by atoms with Crippen LogP contribution in [0.5, 0.6) is 5.88 Å². The second kappa shape index (κ2) is 6.60. The number of nitrogens with zero attached hydrogens (tertiary/aromatic N) is 1. The maximum absolute atomic E-state index is 5.66. The number of pyridine rings is 1. The van der Waals surface area contributed by atoms with Crippen molar-refractivity contribution in [2.75, 3.05) is 13.2 Å². The summed E-state index contributed by atoms with van der Waals surface area (Å²) in [5.41, 5.74) is 1.52. The smallest absolute Gasteiger partial charge is 0.213 e. The molecular formula is C14H24N2O. The van der Waals surface area contributed by atoms with Crippen LogP contribution in [0.3, 0.4) is 0 Å². The molecule has 1 N–H and O–H groups in total. The summed E-state index contributed by atoms with van der Waals surface area (Å²) >= 11 is 0. The van der Waals surface area contributed by atoms with Crippen LogP contribution in [0.1, 0.15) is 39.7 Å². The molecule has 3 heteroatoms. The van der Waals surface area contributed by atoms with Gasteiger partial charge in [-0.25, -0.2) is 4.98 Å². The van der Waals surface area contributed by atoms with E-state index in [9.17, 15) is 0 Å². The first-order valence-corrected chi connectivity index (χ1v) is 6.30. The Bertz CT molecular complexity index is 331. The van der Waals surface area contributed by atoms with Crippen LogP contribution < -0.4 is 10.1 Å². The summed E-state index contributed by atoms with van der Waals surface area (Å²) in [6, 6.07) is 4.02. The highest BCUT2D eigenvalue weighted by Gasteiger charge is 2.10. The monoisotopic (exact) mass is 236 g/mol. The molecule has 17 heavy (non-hydrogen) atoms. The third-order valence-corrected chi connectivity index (χ3v) is 2.48. The van der Waals surface area contributed by atoms with Crippen molar-refractivity contribution in [2.24, 2.45) is 5.41 Å². The van der Waals surface area contributed by atoms with E-state index in [1.807, 2.05) is 12.1 Å². The number of hydrogen-bond acceptors (Lipinski definition) is 3. The molecule has 0 spiro atoms. The van der Waals surface area contributed by atoms with Gasteiger partial charge in [-0.05, 0) is 30.0 Å². The number of rotatable bonds is 6. The molecule has 3 nitrogen and oxygen atoms in total. The normalized spacial score (nSPS) is 11.5. The van der Waals surface area contributed by atoms with Crippen LogP contribution in [0.2, 0.25) is 0 Å². The highest BCUT2D eigenvalue weighted by atomic mass is 16.5. The molecule has 1 aromatic rings. The fourth-order valence-electron chi connectivity index (χ4n) is 1.37. The van der Waals surface area contributed by atoms with Crippen LogP contribution in [0, 0.1) is 5.41 Å².